The van der Waals surface area contributed by atoms with Crippen LogP contribution in [0.2, 0.25) is 0 Å². The average Bonchev–Trinajstić information content (AvgIpc) is 3.78. The first-order valence-electron chi connectivity index (χ1n) is 14.4. The van der Waals surface area contributed by atoms with Crippen molar-refractivity contribution < 1.29 is 27.5 Å². The molecular formula is C31H35N5O6S. The molecule has 226 valence electrons. The lowest BCUT2D eigenvalue weighted by atomic mass is 9.98. The van der Waals surface area contributed by atoms with Crippen molar-refractivity contribution in [3.05, 3.63) is 77.4 Å². The molecule has 2 aromatic heterocycles. The maximum atomic E-state index is 13.7. The summed E-state index contributed by atoms with van der Waals surface area (Å²) in [7, 11) is -3.94. The number of ether oxygens (including phenoxy) is 1. The number of carbonyl (C=O) groups is 3. The van der Waals surface area contributed by atoms with E-state index in [-0.39, 0.29) is 42.2 Å². The maximum absolute atomic E-state index is 13.7. The predicted octanol–water partition coefficient (Wildman–Crippen LogP) is 3.59. The van der Waals surface area contributed by atoms with Gasteiger partial charge in [0.25, 0.3) is 5.91 Å². The second-order valence-electron chi connectivity index (χ2n) is 11.2. The van der Waals surface area contributed by atoms with Gasteiger partial charge in [-0.3, -0.25) is 19.6 Å². The number of nitrogens with zero attached hydrogens (tertiary/aromatic N) is 2. The highest BCUT2D eigenvalue weighted by Gasteiger charge is 2.37. The first-order chi connectivity index (χ1) is 20.6. The van der Waals surface area contributed by atoms with Crippen molar-refractivity contribution in [2.24, 2.45) is 5.92 Å². The summed E-state index contributed by atoms with van der Waals surface area (Å²) < 4.78 is 35.0. The fourth-order valence-electron chi connectivity index (χ4n) is 5.24. The highest BCUT2D eigenvalue weighted by Crippen LogP contribution is 2.46. The highest BCUT2D eigenvalue weighted by molar-refractivity contribution is 7.89. The number of sulfonamides is 1. The van der Waals surface area contributed by atoms with E-state index in [0.29, 0.717) is 27.5 Å². The molecule has 0 aliphatic heterocycles. The van der Waals surface area contributed by atoms with Crippen molar-refractivity contribution in [3.63, 3.8) is 0 Å². The van der Waals surface area contributed by atoms with Crippen molar-refractivity contribution >= 4 is 38.6 Å². The molecule has 0 saturated heterocycles. The molecule has 1 aromatic carbocycles. The standard InChI is InChI=1S/C31H35N5O6S/c1-4-42-29(38)10-9-28(37)35-26-14-25(36-31(39)20-6-5-11-32-16-20)22-13-27(43(40,41)34-15-18(2)3)21-12-24(19-7-8-19)33-17-23(21)30(22)26/h5-6,9-13,16-19,25-26,34H,4,7-8,14-15H2,1-3H3,(H,35,37)(H,36,39)/b10-9+. The van der Waals surface area contributed by atoms with Crippen LogP contribution in [0, 0.1) is 5.92 Å². The van der Waals surface area contributed by atoms with Crippen LogP contribution in [-0.2, 0) is 24.3 Å². The van der Waals surface area contributed by atoms with Gasteiger partial charge in [0.15, 0.2) is 0 Å². The Morgan fingerprint density at radius 1 is 1.07 bits per heavy atom. The van der Waals surface area contributed by atoms with Crippen LogP contribution in [0.1, 0.15) is 85.2 Å². The smallest absolute Gasteiger partial charge is 0.330 e. The monoisotopic (exact) mass is 605 g/mol. The van der Waals surface area contributed by atoms with E-state index < -0.39 is 34.0 Å². The van der Waals surface area contributed by atoms with Gasteiger partial charge in [-0.2, -0.15) is 0 Å². The third-order valence-corrected chi connectivity index (χ3v) is 8.91. The Morgan fingerprint density at radius 2 is 1.86 bits per heavy atom. The molecule has 12 heteroatoms. The Labute approximate surface area is 250 Å². The summed E-state index contributed by atoms with van der Waals surface area (Å²) in [6.45, 7) is 5.95. The topological polar surface area (TPSA) is 156 Å². The van der Waals surface area contributed by atoms with E-state index in [1.807, 2.05) is 19.9 Å². The summed E-state index contributed by atoms with van der Waals surface area (Å²) in [6.07, 6.45) is 9.06. The molecule has 2 unspecified atom stereocenters. The third-order valence-electron chi connectivity index (χ3n) is 7.44. The molecule has 43 heavy (non-hydrogen) atoms. The SMILES string of the molecule is CCOC(=O)/C=C/C(=O)NC1CC(NC(=O)c2cccnc2)c2cc(S(=O)(=O)NCC(C)C)c3cc(C4CC4)ncc3c21. The minimum Gasteiger partial charge on any atom is -0.463 e. The van der Waals surface area contributed by atoms with Gasteiger partial charge in [-0.1, -0.05) is 13.8 Å². The fraction of sp³-hybridized carbons (Fsp3) is 0.387. The second kappa shape index (κ2) is 12.6. The number of carbonyl (C=O) groups excluding carboxylic acids is 3. The summed E-state index contributed by atoms with van der Waals surface area (Å²) >= 11 is 0. The largest absolute Gasteiger partial charge is 0.463 e. The van der Waals surface area contributed by atoms with Gasteiger partial charge < -0.3 is 15.4 Å². The molecule has 0 spiro atoms. The molecule has 5 rings (SSSR count). The quantitative estimate of drug-likeness (QED) is 0.221. The summed E-state index contributed by atoms with van der Waals surface area (Å²) in [5.74, 6) is -1.19. The molecule has 2 atom stereocenters. The molecule has 2 aliphatic carbocycles. The van der Waals surface area contributed by atoms with Crippen LogP contribution in [0.3, 0.4) is 0 Å². The van der Waals surface area contributed by atoms with Gasteiger partial charge in [0.1, 0.15) is 0 Å². The van der Waals surface area contributed by atoms with Crippen LogP contribution in [0.4, 0.5) is 0 Å². The number of hydrogen-bond donors (Lipinski definition) is 3. The van der Waals surface area contributed by atoms with Crippen LogP contribution in [0.15, 0.2) is 59.9 Å². The van der Waals surface area contributed by atoms with E-state index in [4.69, 9.17) is 4.74 Å². The van der Waals surface area contributed by atoms with Crippen LogP contribution < -0.4 is 15.4 Å². The Kier molecular flexibility index (Phi) is 8.88. The Hall–Kier alpha value is -4.16. The third kappa shape index (κ3) is 6.91. The van der Waals surface area contributed by atoms with E-state index in [2.05, 4.69) is 25.3 Å². The second-order valence-corrected chi connectivity index (χ2v) is 12.9. The number of fused-ring (bicyclic) bond motifs is 3. The Balaban J connectivity index is 1.61. The van der Waals surface area contributed by atoms with Crippen molar-refractivity contribution in [2.45, 2.75) is 62.9 Å². The molecule has 11 nitrogen and oxygen atoms in total. The highest BCUT2D eigenvalue weighted by atomic mass is 32.2. The van der Waals surface area contributed by atoms with E-state index >= 15 is 0 Å². The number of pyridine rings is 2. The number of hydrogen-bond acceptors (Lipinski definition) is 8. The van der Waals surface area contributed by atoms with Crippen LogP contribution in [0.25, 0.3) is 10.8 Å². The van der Waals surface area contributed by atoms with Gasteiger partial charge in [-0.25, -0.2) is 17.9 Å². The van der Waals surface area contributed by atoms with E-state index in [0.717, 1.165) is 30.7 Å². The van der Waals surface area contributed by atoms with Crippen molar-refractivity contribution in [1.29, 1.82) is 0 Å². The minimum absolute atomic E-state index is 0.0907. The van der Waals surface area contributed by atoms with Crippen molar-refractivity contribution in [1.82, 2.24) is 25.3 Å². The van der Waals surface area contributed by atoms with Crippen molar-refractivity contribution in [2.75, 3.05) is 13.2 Å². The van der Waals surface area contributed by atoms with Crippen LogP contribution >= 0.6 is 0 Å². The number of rotatable bonds is 11. The maximum Gasteiger partial charge on any atom is 0.330 e. The van der Waals surface area contributed by atoms with Gasteiger partial charge in [0.05, 0.1) is 29.1 Å². The van der Waals surface area contributed by atoms with Gasteiger partial charge in [-0.15, -0.1) is 0 Å². The molecule has 2 heterocycles. The normalized spacial score (nSPS) is 18.1. The molecule has 2 amide bonds. The first kappa shape index (κ1) is 30.3. The molecule has 3 aromatic rings. The zero-order valence-electron chi connectivity index (χ0n) is 24.3. The number of nitrogens with one attached hydrogen (secondary N) is 3. The number of aromatic nitrogens is 2. The van der Waals surface area contributed by atoms with Gasteiger partial charge in [0.2, 0.25) is 15.9 Å². The number of benzene rings is 1. The van der Waals surface area contributed by atoms with Crippen LogP contribution in [-0.4, -0.2) is 49.3 Å². The minimum atomic E-state index is -3.94. The summed E-state index contributed by atoms with van der Waals surface area (Å²) in [5.41, 5.74) is 2.40. The van der Waals surface area contributed by atoms with Gasteiger partial charge in [-0.05, 0) is 67.5 Å². The molecule has 3 N–H and O–H groups in total. The molecule has 1 fully saturated rings. The number of esters is 1. The molecule has 0 bridgehead atoms. The Bertz CT molecular complexity index is 1690. The molecule has 1 saturated carbocycles. The Morgan fingerprint density at radius 3 is 2.53 bits per heavy atom. The predicted molar refractivity (Wildman–Crippen MR) is 159 cm³/mol. The molecular weight excluding hydrogens is 570 g/mol. The zero-order chi connectivity index (χ0) is 30.7. The van der Waals surface area contributed by atoms with E-state index in [1.54, 1.807) is 37.5 Å². The number of amides is 2. The summed E-state index contributed by atoms with van der Waals surface area (Å²) in [4.78, 5) is 46.7. The lowest BCUT2D eigenvalue weighted by molar-refractivity contribution is -0.137. The summed E-state index contributed by atoms with van der Waals surface area (Å²) in [5, 5.41) is 7.00. The van der Waals surface area contributed by atoms with Crippen molar-refractivity contribution in [3.8, 4) is 0 Å². The molecule has 0 radical (unpaired) electrons. The first-order valence-corrected chi connectivity index (χ1v) is 15.9. The van der Waals surface area contributed by atoms with Crippen LogP contribution in [0.5, 0.6) is 0 Å². The zero-order valence-corrected chi connectivity index (χ0v) is 25.1. The van der Waals surface area contributed by atoms with Gasteiger partial charge >= 0.3 is 5.97 Å². The average molecular weight is 606 g/mol. The van der Waals surface area contributed by atoms with Gasteiger partial charge in [0, 0.05) is 59.7 Å². The fourth-order valence-corrected chi connectivity index (χ4v) is 6.69. The summed E-state index contributed by atoms with van der Waals surface area (Å²) in [6, 6.07) is 5.48. The molecule has 2 aliphatic rings. The lowest BCUT2D eigenvalue weighted by Crippen LogP contribution is -2.29. The van der Waals surface area contributed by atoms with E-state index in [1.165, 1.54) is 6.20 Å². The van der Waals surface area contributed by atoms with E-state index in [9.17, 15) is 22.8 Å². The lowest BCUT2D eigenvalue weighted by Gasteiger charge is -2.19.